The van der Waals surface area contributed by atoms with Crippen LogP contribution in [0.4, 0.5) is 11.4 Å². The predicted octanol–water partition coefficient (Wildman–Crippen LogP) is 3.14. The number of nitrogens with zero attached hydrogens (tertiary/aromatic N) is 2. The molecular weight excluding hydrogens is 210 g/mol. The Morgan fingerprint density at radius 3 is 2.88 bits per heavy atom. The third-order valence-electron chi connectivity index (χ3n) is 3.42. The van der Waals surface area contributed by atoms with Gasteiger partial charge in [-0.1, -0.05) is 13.8 Å². The quantitative estimate of drug-likeness (QED) is 0.866. The number of aromatic nitrogens is 1. The van der Waals surface area contributed by atoms with Crippen molar-refractivity contribution in [3.05, 3.63) is 18.5 Å². The molecule has 94 valence electrons. The molecule has 2 unspecified atom stereocenters. The van der Waals surface area contributed by atoms with Crippen LogP contribution in [0.15, 0.2) is 18.5 Å². The first-order chi connectivity index (χ1) is 8.20. The van der Waals surface area contributed by atoms with E-state index in [0.717, 1.165) is 31.1 Å². The van der Waals surface area contributed by atoms with Gasteiger partial charge in [-0.25, -0.2) is 0 Å². The fourth-order valence-electron chi connectivity index (χ4n) is 2.61. The highest BCUT2D eigenvalue weighted by molar-refractivity contribution is 5.56. The lowest BCUT2D eigenvalue weighted by molar-refractivity contribution is 0.625. The first-order valence-corrected chi connectivity index (χ1v) is 6.66. The number of hydrogen-bond acceptors (Lipinski definition) is 3. The maximum Gasteiger partial charge on any atom is 0.0575 e. The van der Waals surface area contributed by atoms with E-state index < -0.39 is 0 Å². The molecule has 3 nitrogen and oxygen atoms in total. The highest BCUT2D eigenvalue weighted by Crippen LogP contribution is 2.29. The van der Waals surface area contributed by atoms with Gasteiger partial charge in [0, 0.05) is 19.1 Å². The molecule has 0 saturated carbocycles. The Hall–Kier alpha value is -1.25. The largest absolute Gasteiger partial charge is 0.384 e. The number of rotatable bonds is 4. The van der Waals surface area contributed by atoms with Crippen LogP contribution in [0.2, 0.25) is 0 Å². The molecule has 0 amide bonds. The van der Waals surface area contributed by atoms with Crippen LogP contribution in [0.1, 0.15) is 33.6 Å². The van der Waals surface area contributed by atoms with E-state index in [1.54, 1.807) is 0 Å². The molecule has 1 aliphatic heterocycles. The van der Waals surface area contributed by atoms with E-state index >= 15 is 0 Å². The fraction of sp³-hybridized carbons (Fsp3) is 0.643. The maximum atomic E-state index is 4.34. The van der Waals surface area contributed by atoms with Gasteiger partial charge in [0.05, 0.1) is 23.8 Å². The van der Waals surface area contributed by atoms with Gasteiger partial charge in [0.15, 0.2) is 0 Å². The van der Waals surface area contributed by atoms with Crippen LogP contribution >= 0.6 is 0 Å². The van der Waals surface area contributed by atoms with E-state index in [4.69, 9.17) is 0 Å². The van der Waals surface area contributed by atoms with Crippen molar-refractivity contribution in [1.82, 2.24) is 4.98 Å². The smallest absolute Gasteiger partial charge is 0.0575 e. The summed E-state index contributed by atoms with van der Waals surface area (Å²) in [6.45, 7) is 8.96. The Morgan fingerprint density at radius 2 is 2.24 bits per heavy atom. The number of anilines is 2. The standard InChI is InChI=1S/C14H23N3/c1-4-5-16-13-7-14(9-15-8-13)17-10-11(2)6-12(17)3/h7-9,11-12,16H,4-6,10H2,1-3H3. The van der Waals surface area contributed by atoms with Crippen LogP contribution in [0.25, 0.3) is 0 Å². The first kappa shape index (κ1) is 12.2. The summed E-state index contributed by atoms with van der Waals surface area (Å²) in [5, 5.41) is 3.40. The normalized spacial score (nSPS) is 24.1. The molecule has 0 radical (unpaired) electrons. The summed E-state index contributed by atoms with van der Waals surface area (Å²) in [6.07, 6.45) is 6.31. The topological polar surface area (TPSA) is 28.2 Å². The van der Waals surface area contributed by atoms with Gasteiger partial charge in [-0.05, 0) is 31.7 Å². The average Bonchev–Trinajstić information content (AvgIpc) is 2.66. The number of pyridine rings is 1. The molecule has 17 heavy (non-hydrogen) atoms. The summed E-state index contributed by atoms with van der Waals surface area (Å²) < 4.78 is 0. The van der Waals surface area contributed by atoms with Gasteiger partial charge in [-0.2, -0.15) is 0 Å². The molecule has 0 spiro atoms. The van der Waals surface area contributed by atoms with Gasteiger partial charge in [0.2, 0.25) is 0 Å². The van der Waals surface area contributed by atoms with Crippen molar-refractivity contribution < 1.29 is 0 Å². The van der Waals surface area contributed by atoms with E-state index in [-0.39, 0.29) is 0 Å². The fourth-order valence-corrected chi connectivity index (χ4v) is 2.61. The highest BCUT2D eigenvalue weighted by Gasteiger charge is 2.26. The second-order valence-electron chi connectivity index (χ2n) is 5.20. The highest BCUT2D eigenvalue weighted by atomic mass is 15.2. The van der Waals surface area contributed by atoms with Crippen LogP contribution < -0.4 is 10.2 Å². The second kappa shape index (κ2) is 5.39. The number of nitrogens with one attached hydrogen (secondary N) is 1. The van der Waals surface area contributed by atoms with Crippen LogP contribution in [0.3, 0.4) is 0 Å². The maximum absolute atomic E-state index is 4.34. The van der Waals surface area contributed by atoms with Gasteiger partial charge in [-0.15, -0.1) is 0 Å². The lowest BCUT2D eigenvalue weighted by atomic mass is 10.1. The minimum absolute atomic E-state index is 0.633. The summed E-state index contributed by atoms with van der Waals surface area (Å²) in [5.74, 6) is 0.789. The van der Waals surface area contributed by atoms with Crippen molar-refractivity contribution in [2.24, 2.45) is 5.92 Å². The van der Waals surface area contributed by atoms with Crippen molar-refractivity contribution >= 4 is 11.4 Å². The second-order valence-corrected chi connectivity index (χ2v) is 5.20. The van der Waals surface area contributed by atoms with Gasteiger partial charge >= 0.3 is 0 Å². The zero-order valence-electron chi connectivity index (χ0n) is 11.1. The molecule has 1 aromatic rings. The zero-order valence-corrected chi connectivity index (χ0v) is 11.1. The lowest BCUT2D eigenvalue weighted by Gasteiger charge is -2.24. The van der Waals surface area contributed by atoms with Gasteiger partial charge < -0.3 is 10.2 Å². The molecule has 0 aliphatic carbocycles. The van der Waals surface area contributed by atoms with Crippen LogP contribution in [0, 0.1) is 5.92 Å². The monoisotopic (exact) mass is 233 g/mol. The Balaban J connectivity index is 2.10. The molecule has 0 aromatic carbocycles. The summed E-state index contributed by atoms with van der Waals surface area (Å²) in [5.41, 5.74) is 2.39. The first-order valence-electron chi connectivity index (χ1n) is 6.66. The minimum atomic E-state index is 0.633. The van der Waals surface area contributed by atoms with E-state index in [1.807, 2.05) is 12.4 Å². The Bertz CT molecular complexity index is 364. The summed E-state index contributed by atoms with van der Waals surface area (Å²) in [7, 11) is 0. The average molecular weight is 233 g/mol. The van der Waals surface area contributed by atoms with Gasteiger partial charge in [0.1, 0.15) is 0 Å². The third-order valence-corrected chi connectivity index (χ3v) is 3.42. The van der Waals surface area contributed by atoms with Crippen molar-refractivity contribution in [3.63, 3.8) is 0 Å². The minimum Gasteiger partial charge on any atom is -0.384 e. The van der Waals surface area contributed by atoms with E-state index in [9.17, 15) is 0 Å². The number of hydrogen-bond donors (Lipinski definition) is 1. The molecule has 1 saturated heterocycles. The lowest BCUT2D eigenvalue weighted by Crippen LogP contribution is -2.26. The molecule has 2 atom stereocenters. The summed E-state index contributed by atoms with van der Waals surface area (Å²) in [4.78, 5) is 6.80. The van der Waals surface area contributed by atoms with E-state index in [2.05, 4.69) is 42.0 Å². The molecule has 2 rings (SSSR count). The zero-order chi connectivity index (χ0) is 12.3. The molecule has 1 N–H and O–H groups in total. The van der Waals surface area contributed by atoms with Crippen molar-refractivity contribution in [3.8, 4) is 0 Å². The SMILES string of the molecule is CCCNc1cncc(N2CC(C)CC2C)c1. The molecule has 1 fully saturated rings. The predicted molar refractivity (Wildman–Crippen MR) is 73.6 cm³/mol. The van der Waals surface area contributed by atoms with Crippen molar-refractivity contribution in [2.75, 3.05) is 23.3 Å². The molecule has 3 heteroatoms. The van der Waals surface area contributed by atoms with Gasteiger partial charge in [0.25, 0.3) is 0 Å². The van der Waals surface area contributed by atoms with E-state index in [1.165, 1.54) is 12.1 Å². The summed E-state index contributed by atoms with van der Waals surface area (Å²) in [6, 6.07) is 2.85. The third kappa shape index (κ3) is 2.90. The molecule has 2 heterocycles. The Morgan fingerprint density at radius 1 is 1.41 bits per heavy atom. The summed E-state index contributed by atoms with van der Waals surface area (Å²) >= 11 is 0. The van der Waals surface area contributed by atoms with Gasteiger partial charge in [-0.3, -0.25) is 4.98 Å². The van der Waals surface area contributed by atoms with Crippen LogP contribution in [-0.4, -0.2) is 24.1 Å². The Kier molecular flexibility index (Phi) is 3.87. The molecule has 1 aromatic heterocycles. The van der Waals surface area contributed by atoms with Crippen molar-refractivity contribution in [1.29, 1.82) is 0 Å². The molecule has 0 bridgehead atoms. The molecular formula is C14H23N3. The Labute approximate surface area is 104 Å². The van der Waals surface area contributed by atoms with E-state index in [0.29, 0.717) is 6.04 Å². The molecule has 1 aliphatic rings. The van der Waals surface area contributed by atoms with Crippen LogP contribution in [0.5, 0.6) is 0 Å². The van der Waals surface area contributed by atoms with Crippen LogP contribution in [-0.2, 0) is 0 Å². The van der Waals surface area contributed by atoms with Crippen molar-refractivity contribution in [2.45, 2.75) is 39.7 Å².